The van der Waals surface area contributed by atoms with E-state index in [-0.39, 0.29) is 11.9 Å². The Morgan fingerprint density at radius 2 is 1.88 bits per heavy atom. The number of nitrogens with one attached hydrogen (secondary N) is 1. The van der Waals surface area contributed by atoms with Crippen molar-refractivity contribution in [3.63, 3.8) is 0 Å². The van der Waals surface area contributed by atoms with Crippen LogP contribution in [0.1, 0.15) is 47.8 Å². The Labute approximate surface area is 190 Å². The third-order valence-electron chi connectivity index (χ3n) is 6.59. The summed E-state index contributed by atoms with van der Waals surface area (Å²) in [6.45, 7) is 4.69. The van der Waals surface area contributed by atoms with Crippen LogP contribution in [0.15, 0.2) is 54.6 Å². The highest BCUT2D eigenvalue weighted by molar-refractivity contribution is 5.94. The highest BCUT2D eigenvalue weighted by Gasteiger charge is 2.33. The number of carbonyl (C=O) groups excluding carboxylic acids is 1. The van der Waals surface area contributed by atoms with E-state index in [1.54, 1.807) is 0 Å². The summed E-state index contributed by atoms with van der Waals surface area (Å²) in [6, 6.07) is 18.2. The Morgan fingerprint density at radius 3 is 2.62 bits per heavy atom. The van der Waals surface area contributed by atoms with Crippen LogP contribution >= 0.6 is 0 Å². The molecule has 1 aromatic heterocycles. The lowest BCUT2D eigenvalue weighted by atomic mass is 9.81. The van der Waals surface area contributed by atoms with Crippen LogP contribution in [-0.4, -0.2) is 42.0 Å². The monoisotopic (exact) mass is 431 g/mol. The smallest absolute Gasteiger partial charge is 0.251 e. The molecule has 3 unspecified atom stereocenters. The second-order valence-electron chi connectivity index (χ2n) is 9.19. The number of benzene rings is 2. The predicted octanol–water partition coefficient (Wildman–Crippen LogP) is 4.97. The fourth-order valence-electron chi connectivity index (χ4n) is 4.82. The number of rotatable bonds is 6. The molecule has 5 heteroatoms. The first-order chi connectivity index (χ1) is 15.4. The van der Waals surface area contributed by atoms with E-state index < -0.39 is 0 Å². The minimum Gasteiger partial charge on any atom is -0.489 e. The highest BCUT2D eigenvalue weighted by Crippen LogP contribution is 2.27. The maximum absolute atomic E-state index is 12.9. The molecule has 1 N–H and O–H groups in total. The van der Waals surface area contributed by atoms with Gasteiger partial charge in [0.25, 0.3) is 5.91 Å². The van der Waals surface area contributed by atoms with Crippen molar-refractivity contribution in [1.29, 1.82) is 0 Å². The fourth-order valence-corrected chi connectivity index (χ4v) is 4.82. The summed E-state index contributed by atoms with van der Waals surface area (Å²) in [5, 5.41) is 4.39. The van der Waals surface area contributed by atoms with Crippen molar-refractivity contribution in [2.24, 2.45) is 5.92 Å². The molecule has 1 saturated carbocycles. The number of para-hydroxylation sites is 1. The van der Waals surface area contributed by atoms with E-state index in [1.807, 2.05) is 49.4 Å². The van der Waals surface area contributed by atoms with Gasteiger partial charge in [-0.05, 0) is 76.2 Å². The van der Waals surface area contributed by atoms with Gasteiger partial charge in [0.15, 0.2) is 0 Å². The Bertz CT molecular complexity index is 1080. The van der Waals surface area contributed by atoms with Gasteiger partial charge in [-0.25, -0.2) is 0 Å². The van der Waals surface area contributed by atoms with Crippen LogP contribution in [0.4, 0.5) is 0 Å². The number of fused-ring (bicyclic) bond motifs is 1. The van der Waals surface area contributed by atoms with E-state index in [0.717, 1.165) is 40.8 Å². The van der Waals surface area contributed by atoms with E-state index >= 15 is 0 Å². The lowest BCUT2D eigenvalue weighted by Crippen LogP contribution is -2.54. The zero-order valence-electron chi connectivity index (χ0n) is 19.5. The van der Waals surface area contributed by atoms with Crippen molar-refractivity contribution in [3.8, 4) is 5.75 Å². The lowest BCUT2D eigenvalue weighted by Gasteiger charge is -2.40. The lowest BCUT2D eigenvalue weighted by molar-refractivity contribution is 0.0828. The van der Waals surface area contributed by atoms with E-state index in [2.05, 4.69) is 48.4 Å². The molecule has 32 heavy (non-hydrogen) atoms. The minimum absolute atomic E-state index is 0.0158. The molecule has 0 radical (unpaired) electrons. The standard InChI is InChI=1S/C27H33N3O2/c1-18-8-7-11-25(30(3)4)26(18)29-27(31)20-12-14-22(15-13-20)32-17-21-16-19(2)28-24-10-6-5-9-23(21)24/h5-6,9-10,12-16,18,25-26H,7-8,11,17H2,1-4H3,(H,29,31). The van der Waals surface area contributed by atoms with Gasteiger partial charge in [0.1, 0.15) is 12.4 Å². The maximum Gasteiger partial charge on any atom is 0.251 e. The van der Waals surface area contributed by atoms with Gasteiger partial charge in [-0.2, -0.15) is 0 Å². The van der Waals surface area contributed by atoms with Gasteiger partial charge in [-0.15, -0.1) is 0 Å². The van der Waals surface area contributed by atoms with Crippen LogP contribution in [0.5, 0.6) is 5.75 Å². The zero-order valence-corrected chi connectivity index (χ0v) is 19.5. The Hall–Kier alpha value is -2.92. The second-order valence-corrected chi connectivity index (χ2v) is 9.19. The molecular weight excluding hydrogens is 398 g/mol. The normalized spacial score (nSPS) is 21.0. The van der Waals surface area contributed by atoms with Gasteiger partial charge < -0.3 is 15.0 Å². The maximum atomic E-state index is 12.9. The summed E-state index contributed by atoms with van der Waals surface area (Å²) in [5.74, 6) is 1.21. The molecule has 3 aromatic rings. The first-order valence-corrected chi connectivity index (χ1v) is 11.5. The van der Waals surface area contributed by atoms with Crippen molar-refractivity contribution in [1.82, 2.24) is 15.2 Å². The predicted molar refractivity (Wildman–Crippen MR) is 129 cm³/mol. The zero-order chi connectivity index (χ0) is 22.7. The first-order valence-electron chi connectivity index (χ1n) is 11.5. The number of carbonyl (C=O) groups is 1. The molecule has 1 aliphatic rings. The molecule has 0 spiro atoms. The molecule has 168 valence electrons. The minimum atomic E-state index is -0.0158. The molecule has 1 amide bonds. The summed E-state index contributed by atoms with van der Waals surface area (Å²) in [4.78, 5) is 19.8. The summed E-state index contributed by atoms with van der Waals surface area (Å²) in [7, 11) is 4.20. The van der Waals surface area contributed by atoms with Crippen LogP contribution in [0.25, 0.3) is 10.9 Å². The van der Waals surface area contributed by atoms with Crippen LogP contribution in [0.2, 0.25) is 0 Å². The van der Waals surface area contributed by atoms with Gasteiger partial charge in [-0.1, -0.05) is 31.5 Å². The van der Waals surface area contributed by atoms with Crippen molar-refractivity contribution in [3.05, 3.63) is 71.4 Å². The third kappa shape index (κ3) is 4.94. The topological polar surface area (TPSA) is 54.5 Å². The number of hydrogen-bond acceptors (Lipinski definition) is 4. The Kier molecular flexibility index (Phi) is 6.75. The molecule has 0 aliphatic heterocycles. The van der Waals surface area contributed by atoms with Gasteiger partial charge in [0, 0.05) is 34.3 Å². The number of likely N-dealkylation sites (N-methyl/N-ethyl adjacent to an activating group) is 1. The molecule has 0 saturated heterocycles. The van der Waals surface area contributed by atoms with E-state index in [4.69, 9.17) is 4.74 Å². The number of hydrogen-bond donors (Lipinski definition) is 1. The van der Waals surface area contributed by atoms with Crippen molar-refractivity contribution >= 4 is 16.8 Å². The fraction of sp³-hybridized carbons (Fsp3) is 0.407. The molecule has 1 heterocycles. The van der Waals surface area contributed by atoms with Gasteiger partial charge in [0.2, 0.25) is 0 Å². The summed E-state index contributed by atoms with van der Waals surface area (Å²) >= 11 is 0. The molecule has 1 aliphatic carbocycles. The molecule has 0 bridgehead atoms. The van der Waals surface area contributed by atoms with E-state index in [9.17, 15) is 4.79 Å². The largest absolute Gasteiger partial charge is 0.489 e. The summed E-state index contributed by atoms with van der Waals surface area (Å²) < 4.78 is 6.04. The molecule has 4 rings (SSSR count). The molecule has 5 nitrogen and oxygen atoms in total. The number of pyridine rings is 1. The number of aromatic nitrogens is 1. The molecule has 2 aromatic carbocycles. The van der Waals surface area contributed by atoms with Crippen molar-refractivity contribution in [2.45, 2.75) is 51.8 Å². The van der Waals surface area contributed by atoms with E-state index in [0.29, 0.717) is 24.1 Å². The molecule has 3 atom stereocenters. The first kappa shape index (κ1) is 22.3. The van der Waals surface area contributed by atoms with Crippen LogP contribution in [0, 0.1) is 12.8 Å². The van der Waals surface area contributed by atoms with Gasteiger partial charge in [0.05, 0.1) is 5.52 Å². The molecular formula is C27H33N3O2. The van der Waals surface area contributed by atoms with Crippen LogP contribution in [-0.2, 0) is 6.61 Å². The SMILES string of the molecule is Cc1cc(COc2ccc(C(=O)NC3C(C)CCCC3N(C)C)cc2)c2ccccc2n1. The van der Waals surface area contributed by atoms with Crippen LogP contribution in [0.3, 0.4) is 0 Å². The van der Waals surface area contributed by atoms with Gasteiger partial charge >= 0.3 is 0 Å². The molecule has 1 fully saturated rings. The van der Waals surface area contributed by atoms with Crippen LogP contribution < -0.4 is 10.1 Å². The number of ether oxygens (including phenoxy) is 1. The average Bonchev–Trinajstić information content (AvgIpc) is 2.78. The van der Waals surface area contributed by atoms with E-state index in [1.165, 1.54) is 6.42 Å². The van der Waals surface area contributed by atoms with Crippen molar-refractivity contribution < 1.29 is 9.53 Å². The van der Waals surface area contributed by atoms with Crippen molar-refractivity contribution in [2.75, 3.05) is 14.1 Å². The Balaban J connectivity index is 1.42. The number of aryl methyl sites for hydroxylation is 1. The highest BCUT2D eigenvalue weighted by atomic mass is 16.5. The third-order valence-corrected chi connectivity index (χ3v) is 6.59. The number of nitrogens with zero attached hydrogens (tertiary/aromatic N) is 2. The summed E-state index contributed by atoms with van der Waals surface area (Å²) in [5.41, 5.74) is 3.72. The second kappa shape index (κ2) is 9.70. The average molecular weight is 432 g/mol. The Morgan fingerprint density at radius 1 is 1.12 bits per heavy atom. The number of amides is 1. The quantitative estimate of drug-likeness (QED) is 0.599. The summed E-state index contributed by atoms with van der Waals surface area (Å²) in [6.07, 6.45) is 3.50. The van der Waals surface area contributed by atoms with Gasteiger partial charge in [-0.3, -0.25) is 9.78 Å².